The minimum absolute atomic E-state index is 0.0964. The normalized spacial score (nSPS) is 16.7. The fourth-order valence-corrected chi connectivity index (χ4v) is 8.51. The van der Waals surface area contributed by atoms with Crippen molar-refractivity contribution in [1.29, 1.82) is 0 Å². The first-order valence-corrected chi connectivity index (χ1v) is 21.0. The van der Waals surface area contributed by atoms with Crippen LogP contribution in [0.4, 0.5) is 9.59 Å². The standard InChI is InChI=1S/C48H48N8O8/c1-62-46(59)41-38(51-43(52-41)37-17-11-27-56(37)45(58)40(54-48(61)64-3)33-14-8-5-9-15-33)34-24-20-30(21-25-34)29-18-22-31(23-19-29)35-28-49-42(50-35)36-16-10-26-55(36)44(57)39(53-47(60)63-2)32-12-6-4-7-13-32/h4-9,12-15,18-25,28,36-37,39-40H,10-11,16-17,26-27H2,1-3H3,(H,49,50)(H,51,52)(H,53,60)(H,54,61)/t36-,37?,39+,40-/m0/s1. The van der Waals surface area contributed by atoms with Gasteiger partial charge in [0.05, 0.1) is 51.0 Å². The van der Waals surface area contributed by atoms with Crippen LogP contribution in [0.2, 0.25) is 0 Å². The average Bonchev–Trinajstić information content (AvgIpc) is 4.20. The molecule has 0 bridgehead atoms. The second kappa shape index (κ2) is 19.1. The molecule has 1 unspecified atom stereocenters. The van der Waals surface area contributed by atoms with Crippen molar-refractivity contribution in [3.63, 3.8) is 0 Å². The van der Waals surface area contributed by atoms with Crippen LogP contribution in [0.1, 0.15) is 83.1 Å². The van der Waals surface area contributed by atoms with Crippen LogP contribution in [0.3, 0.4) is 0 Å². The van der Waals surface area contributed by atoms with Crippen molar-refractivity contribution in [1.82, 2.24) is 40.4 Å². The van der Waals surface area contributed by atoms with Crippen LogP contribution < -0.4 is 10.6 Å². The van der Waals surface area contributed by atoms with E-state index in [9.17, 15) is 24.0 Å². The molecule has 8 rings (SSSR count). The second-order valence-electron chi connectivity index (χ2n) is 15.5. The Balaban J connectivity index is 0.980. The van der Waals surface area contributed by atoms with Gasteiger partial charge in [0.1, 0.15) is 23.7 Å². The van der Waals surface area contributed by atoms with Crippen molar-refractivity contribution >= 4 is 30.0 Å². The largest absolute Gasteiger partial charge is 0.464 e. The average molecular weight is 865 g/mol. The van der Waals surface area contributed by atoms with E-state index in [-0.39, 0.29) is 23.6 Å². The number of alkyl carbamates (subject to hydrolysis) is 2. The minimum atomic E-state index is -0.986. The van der Waals surface area contributed by atoms with Gasteiger partial charge >= 0.3 is 18.2 Å². The van der Waals surface area contributed by atoms with Crippen molar-refractivity contribution in [3.8, 4) is 33.6 Å². The van der Waals surface area contributed by atoms with E-state index < -0.39 is 36.3 Å². The monoisotopic (exact) mass is 864 g/mol. The zero-order chi connectivity index (χ0) is 44.7. The number of amides is 4. The zero-order valence-corrected chi connectivity index (χ0v) is 35.6. The van der Waals surface area contributed by atoms with Gasteiger partial charge in [-0.3, -0.25) is 9.59 Å². The highest BCUT2D eigenvalue weighted by Crippen LogP contribution is 2.37. The van der Waals surface area contributed by atoms with Gasteiger partial charge < -0.3 is 44.6 Å². The number of hydrogen-bond acceptors (Lipinski definition) is 10. The number of ether oxygens (including phenoxy) is 3. The molecular weight excluding hydrogens is 817 g/mol. The number of aromatic amines is 2. The first-order chi connectivity index (χ1) is 31.2. The lowest BCUT2D eigenvalue weighted by Gasteiger charge is -2.28. The number of esters is 1. The van der Waals surface area contributed by atoms with E-state index in [0.29, 0.717) is 60.0 Å². The highest BCUT2D eigenvalue weighted by atomic mass is 16.5. The summed E-state index contributed by atoms with van der Waals surface area (Å²) in [5.41, 5.74) is 6.13. The summed E-state index contributed by atoms with van der Waals surface area (Å²) in [6, 6.07) is 31.1. The summed E-state index contributed by atoms with van der Waals surface area (Å²) in [6.07, 6.45) is 3.15. The molecule has 16 nitrogen and oxygen atoms in total. The Labute approximate surface area is 369 Å². The molecule has 4 aromatic carbocycles. The number of rotatable bonds is 12. The van der Waals surface area contributed by atoms with Gasteiger partial charge in [0.2, 0.25) is 0 Å². The van der Waals surface area contributed by atoms with E-state index in [2.05, 4.69) is 20.6 Å². The van der Waals surface area contributed by atoms with Gasteiger partial charge in [-0.25, -0.2) is 24.4 Å². The fraction of sp³-hybridized carbons (Fsp3) is 0.271. The van der Waals surface area contributed by atoms with Crippen LogP contribution in [0, 0.1) is 0 Å². The molecule has 328 valence electrons. The van der Waals surface area contributed by atoms with Crippen LogP contribution in [0.5, 0.6) is 0 Å². The van der Waals surface area contributed by atoms with Gasteiger partial charge in [-0.2, -0.15) is 0 Å². The number of carbonyl (C=O) groups is 5. The van der Waals surface area contributed by atoms with E-state index in [4.69, 9.17) is 24.2 Å². The highest BCUT2D eigenvalue weighted by molar-refractivity contribution is 5.95. The molecule has 2 aliphatic rings. The maximum absolute atomic E-state index is 14.1. The molecule has 6 aromatic rings. The summed E-state index contributed by atoms with van der Waals surface area (Å²) in [5, 5.41) is 5.38. The van der Waals surface area contributed by atoms with Crippen LogP contribution in [0.15, 0.2) is 115 Å². The maximum atomic E-state index is 14.1. The van der Waals surface area contributed by atoms with E-state index >= 15 is 0 Å². The van der Waals surface area contributed by atoms with Crippen LogP contribution in [-0.4, -0.2) is 94.1 Å². The highest BCUT2D eigenvalue weighted by Gasteiger charge is 2.39. The molecule has 0 spiro atoms. The summed E-state index contributed by atoms with van der Waals surface area (Å²) >= 11 is 0. The van der Waals surface area contributed by atoms with Crippen molar-refractivity contribution in [2.24, 2.45) is 0 Å². The van der Waals surface area contributed by atoms with Crippen molar-refractivity contribution in [2.75, 3.05) is 34.4 Å². The third-order valence-corrected chi connectivity index (χ3v) is 11.8. The SMILES string of the molecule is COC(=O)N[C@H](C(=O)N1CCCC1c1nc(C(=O)OC)c(-c2ccc(-c3ccc(-c4cnc([C@@H]5CCCN5C(=O)[C@H](NC(=O)OC)c5ccccc5)[nH]4)cc3)cc2)[nH]1)c1ccccc1. The number of methoxy groups -OCH3 is 3. The number of nitrogens with one attached hydrogen (secondary N) is 4. The van der Waals surface area contributed by atoms with Crippen molar-refractivity contribution < 1.29 is 38.2 Å². The van der Waals surface area contributed by atoms with Gasteiger partial charge in [-0.1, -0.05) is 109 Å². The third-order valence-electron chi connectivity index (χ3n) is 11.8. The van der Waals surface area contributed by atoms with Crippen molar-refractivity contribution in [3.05, 3.63) is 144 Å². The Bertz CT molecular complexity index is 2610. The summed E-state index contributed by atoms with van der Waals surface area (Å²) in [5.74, 6) is -0.0810. The van der Waals surface area contributed by atoms with Crippen LogP contribution >= 0.6 is 0 Å². The van der Waals surface area contributed by atoms with Gasteiger partial charge in [0.15, 0.2) is 5.69 Å². The molecule has 2 aromatic heterocycles. The van der Waals surface area contributed by atoms with E-state index in [1.54, 1.807) is 52.4 Å². The molecule has 2 fully saturated rings. The molecule has 0 saturated carbocycles. The summed E-state index contributed by atoms with van der Waals surface area (Å²) < 4.78 is 14.8. The number of carbonyl (C=O) groups excluding carboxylic acids is 5. The Morgan fingerprint density at radius 1 is 0.594 bits per heavy atom. The molecule has 4 amide bonds. The molecule has 2 saturated heterocycles. The summed E-state index contributed by atoms with van der Waals surface area (Å²) in [4.78, 5) is 85.3. The Morgan fingerprint density at radius 3 is 1.55 bits per heavy atom. The Morgan fingerprint density at radius 2 is 1.06 bits per heavy atom. The number of nitrogens with zero attached hydrogens (tertiary/aromatic N) is 4. The summed E-state index contributed by atoms with van der Waals surface area (Å²) in [7, 11) is 3.81. The van der Waals surface area contributed by atoms with E-state index in [0.717, 1.165) is 35.2 Å². The van der Waals surface area contributed by atoms with E-state index in [1.165, 1.54) is 21.3 Å². The molecule has 16 heteroatoms. The fourth-order valence-electron chi connectivity index (χ4n) is 8.51. The molecule has 4 N–H and O–H groups in total. The van der Waals surface area contributed by atoms with Crippen LogP contribution in [-0.2, 0) is 23.8 Å². The number of likely N-dealkylation sites (tertiary alicyclic amines) is 2. The molecule has 4 atom stereocenters. The number of imidazole rings is 2. The number of hydrogen-bond donors (Lipinski definition) is 4. The third kappa shape index (κ3) is 8.93. The van der Waals surface area contributed by atoms with Crippen molar-refractivity contribution in [2.45, 2.75) is 49.9 Å². The smallest absolute Gasteiger partial charge is 0.407 e. The Kier molecular flexibility index (Phi) is 12.8. The van der Waals surface area contributed by atoms with Crippen LogP contribution in [0.25, 0.3) is 33.6 Å². The van der Waals surface area contributed by atoms with Gasteiger partial charge in [-0.05, 0) is 53.5 Å². The first kappa shape index (κ1) is 42.9. The number of aromatic nitrogens is 4. The lowest BCUT2D eigenvalue weighted by molar-refractivity contribution is -0.135. The molecule has 4 heterocycles. The lowest BCUT2D eigenvalue weighted by atomic mass is 10.0. The molecule has 0 radical (unpaired) electrons. The topological polar surface area (TPSA) is 201 Å². The minimum Gasteiger partial charge on any atom is -0.464 e. The molecule has 2 aliphatic heterocycles. The van der Waals surface area contributed by atoms with Gasteiger partial charge in [-0.15, -0.1) is 0 Å². The summed E-state index contributed by atoms with van der Waals surface area (Å²) in [6.45, 7) is 0.958. The predicted molar refractivity (Wildman–Crippen MR) is 235 cm³/mol. The van der Waals surface area contributed by atoms with Gasteiger partial charge in [0.25, 0.3) is 11.8 Å². The van der Waals surface area contributed by atoms with Gasteiger partial charge in [0, 0.05) is 18.7 Å². The quantitative estimate of drug-likeness (QED) is 0.0708. The number of benzene rings is 4. The predicted octanol–water partition coefficient (Wildman–Crippen LogP) is 7.44. The number of H-pyrrole nitrogens is 2. The second-order valence-corrected chi connectivity index (χ2v) is 15.5. The first-order valence-electron chi connectivity index (χ1n) is 21.0. The molecule has 64 heavy (non-hydrogen) atoms. The van der Waals surface area contributed by atoms with E-state index in [1.807, 2.05) is 72.8 Å². The lowest BCUT2D eigenvalue weighted by Crippen LogP contribution is -2.42. The zero-order valence-electron chi connectivity index (χ0n) is 35.6. The maximum Gasteiger partial charge on any atom is 0.407 e. The molecular formula is C48H48N8O8. The molecule has 0 aliphatic carbocycles. The Hall–Kier alpha value is -7.75.